The van der Waals surface area contributed by atoms with E-state index in [2.05, 4.69) is 37.6 Å². The van der Waals surface area contributed by atoms with Crippen molar-refractivity contribution in [1.82, 2.24) is 25.5 Å². The van der Waals surface area contributed by atoms with Crippen LogP contribution < -0.4 is 15.5 Å². The minimum absolute atomic E-state index is 0.0189. The first-order chi connectivity index (χ1) is 18.4. The molecule has 0 spiro atoms. The Balaban J connectivity index is 1.38. The average molecular weight is 553 g/mol. The van der Waals surface area contributed by atoms with Crippen molar-refractivity contribution in [3.05, 3.63) is 83.0 Å². The lowest BCUT2D eigenvalue weighted by Gasteiger charge is -2.40. The van der Waals surface area contributed by atoms with Crippen molar-refractivity contribution in [2.75, 3.05) is 36.8 Å². The fraction of sp³-hybridized carbons (Fsp3) is 0.357. The van der Waals surface area contributed by atoms with E-state index in [4.69, 9.17) is 11.6 Å². The molecule has 0 unspecified atom stereocenters. The van der Waals surface area contributed by atoms with Crippen molar-refractivity contribution in [3.8, 4) is 0 Å². The fourth-order valence-corrected chi connectivity index (χ4v) is 5.38. The highest BCUT2D eigenvalue weighted by atomic mass is 35.5. The summed E-state index contributed by atoms with van der Waals surface area (Å²) in [5.41, 5.74) is 2.20. The van der Waals surface area contributed by atoms with Gasteiger partial charge in [-0.05, 0) is 31.4 Å². The minimum atomic E-state index is -0.148. The van der Waals surface area contributed by atoms with E-state index < -0.39 is 0 Å². The lowest BCUT2D eigenvalue weighted by Crippen LogP contribution is -2.56. The molecule has 2 N–H and O–H groups in total. The number of benzene rings is 2. The monoisotopic (exact) mass is 552 g/mol. The molecule has 1 aliphatic rings. The number of carbonyl (C=O) groups excluding carboxylic acids is 2. The highest BCUT2D eigenvalue weighted by Gasteiger charge is 2.28. The molecule has 3 amide bonds. The summed E-state index contributed by atoms with van der Waals surface area (Å²) < 4.78 is 0. The molecule has 3 aromatic rings. The van der Waals surface area contributed by atoms with E-state index in [-0.39, 0.29) is 29.8 Å². The predicted octanol–water partition coefficient (Wildman–Crippen LogP) is 4.56. The Morgan fingerprint density at radius 3 is 2.47 bits per heavy atom. The summed E-state index contributed by atoms with van der Waals surface area (Å²) >= 11 is 7.59. The van der Waals surface area contributed by atoms with Crippen LogP contribution in [0.3, 0.4) is 0 Å². The summed E-state index contributed by atoms with van der Waals surface area (Å²) in [4.78, 5) is 38.2. The van der Waals surface area contributed by atoms with Crippen molar-refractivity contribution >= 4 is 41.1 Å². The van der Waals surface area contributed by atoms with E-state index in [1.165, 1.54) is 11.8 Å². The van der Waals surface area contributed by atoms with Crippen LogP contribution in [-0.2, 0) is 11.2 Å². The number of rotatable bonds is 9. The molecule has 4 rings (SSSR count). The first kappa shape index (κ1) is 27.7. The number of carbonyl (C=O) groups is 2. The van der Waals surface area contributed by atoms with Gasteiger partial charge in [-0.2, -0.15) is 0 Å². The van der Waals surface area contributed by atoms with Gasteiger partial charge in [-0.3, -0.25) is 4.79 Å². The molecule has 0 radical (unpaired) electrons. The Morgan fingerprint density at radius 2 is 1.79 bits per heavy atom. The van der Waals surface area contributed by atoms with Crippen LogP contribution in [0, 0.1) is 0 Å². The van der Waals surface area contributed by atoms with Crippen molar-refractivity contribution < 1.29 is 9.59 Å². The summed E-state index contributed by atoms with van der Waals surface area (Å²) in [6.07, 6.45) is 0.694. The van der Waals surface area contributed by atoms with E-state index in [1.807, 2.05) is 67.3 Å². The normalized spacial score (nSPS) is 16.1. The Labute approximate surface area is 233 Å². The standard InChI is InChI=1S/C28H33ClN6O2S/c1-3-30-28(37)35-15-14-34(18-20(35)2)25-17-24(29)32-27(33-25)38-19-26(36)31-23(22-12-8-5-9-13-22)16-21-10-6-4-7-11-21/h4-13,17,20,23H,3,14-16,18-19H2,1-2H3,(H,30,37)(H,31,36)/t20-,23-/m0/s1. The molecule has 1 saturated heterocycles. The molecule has 2 atom stereocenters. The highest BCUT2D eigenvalue weighted by Crippen LogP contribution is 2.25. The minimum Gasteiger partial charge on any atom is -0.353 e. The highest BCUT2D eigenvalue weighted by molar-refractivity contribution is 7.99. The van der Waals surface area contributed by atoms with Crippen LogP contribution in [0.15, 0.2) is 71.9 Å². The van der Waals surface area contributed by atoms with Gasteiger partial charge in [0.15, 0.2) is 5.16 Å². The third kappa shape index (κ3) is 7.61. The van der Waals surface area contributed by atoms with E-state index in [9.17, 15) is 9.59 Å². The molecule has 10 heteroatoms. The van der Waals surface area contributed by atoms with E-state index >= 15 is 0 Å². The van der Waals surface area contributed by atoms with E-state index in [0.717, 1.165) is 11.1 Å². The van der Waals surface area contributed by atoms with Crippen molar-refractivity contribution in [2.24, 2.45) is 0 Å². The second kappa shape index (κ2) is 13.5. The number of hydrogen-bond donors (Lipinski definition) is 2. The number of piperazine rings is 1. The lowest BCUT2D eigenvalue weighted by molar-refractivity contribution is -0.119. The summed E-state index contributed by atoms with van der Waals surface area (Å²) in [6.45, 7) is 6.38. The maximum atomic E-state index is 13.0. The topological polar surface area (TPSA) is 90.5 Å². The zero-order valence-corrected chi connectivity index (χ0v) is 23.2. The lowest BCUT2D eigenvalue weighted by atomic mass is 9.99. The molecule has 2 heterocycles. The van der Waals surface area contributed by atoms with Crippen LogP contribution in [-0.4, -0.2) is 64.8 Å². The fourth-order valence-electron chi connectivity index (χ4n) is 4.49. The van der Waals surface area contributed by atoms with Crippen molar-refractivity contribution in [2.45, 2.75) is 37.5 Å². The number of thioether (sulfide) groups is 1. The van der Waals surface area contributed by atoms with Gasteiger partial charge in [0, 0.05) is 38.3 Å². The summed E-state index contributed by atoms with van der Waals surface area (Å²) in [6, 6.07) is 21.6. The maximum Gasteiger partial charge on any atom is 0.317 e. The number of anilines is 1. The number of urea groups is 1. The number of hydrogen-bond acceptors (Lipinski definition) is 6. The smallest absolute Gasteiger partial charge is 0.317 e. The largest absolute Gasteiger partial charge is 0.353 e. The second-order valence-corrected chi connectivity index (χ2v) is 10.5. The number of nitrogens with one attached hydrogen (secondary N) is 2. The molecule has 1 aromatic heterocycles. The Kier molecular flexibility index (Phi) is 9.84. The number of halogens is 1. The van der Waals surface area contributed by atoms with E-state index in [0.29, 0.717) is 48.7 Å². The predicted molar refractivity (Wildman–Crippen MR) is 153 cm³/mol. The van der Waals surface area contributed by atoms with Crippen molar-refractivity contribution in [3.63, 3.8) is 0 Å². The van der Waals surface area contributed by atoms with Gasteiger partial charge in [-0.25, -0.2) is 14.8 Å². The van der Waals surface area contributed by atoms with Gasteiger partial charge < -0.3 is 20.4 Å². The Hall–Kier alpha value is -3.30. The number of amides is 3. The van der Waals surface area contributed by atoms with E-state index in [1.54, 1.807) is 6.07 Å². The van der Waals surface area contributed by atoms with Crippen LogP contribution in [0.2, 0.25) is 5.15 Å². The molecular weight excluding hydrogens is 520 g/mol. The number of nitrogens with zero attached hydrogens (tertiary/aromatic N) is 4. The van der Waals surface area contributed by atoms with Crippen LogP contribution >= 0.6 is 23.4 Å². The van der Waals surface area contributed by atoms with Crippen LogP contribution in [0.5, 0.6) is 0 Å². The molecule has 0 saturated carbocycles. The first-order valence-electron chi connectivity index (χ1n) is 12.8. The Morgan fingerprint density at radius 1 is 1.08 bits per heavy atom. The van der Waals surface area contributed by atoms with Crippen LogP contribution in [0.1, 0.15) is 31.0 Å². The SMILES string of the molecule is CCNC(=O)N1CCN(c2cc(Cl)nc(SCC(=O)N[C@@H](Cc3ccccc3)c3ccccc3)n2)C[C@@H]1C. The number of aromatic nitrogens is 2. The average Bonchev–Trinajstić information content (AvgIpc) is 2.92. The van der Waals surface area contributed by atoms with Gasteiger partial charge in [0.2, 0.25) is 5.91 Å². The first-order valence-corrected chi connectivity index (χ1v) is 14.1. The van der Waals surface area contributed by atoms with Gasteiger partial charge in [-0.1, -0.05) is 84.0 Å². The second-order valence-electron chi connectivity index (χ2n) is 9.16. The zero-order chi connectivity index (χ0) is 26.9. The molecule has 38 heavy (non-hydrogen) atoms. The summed E-state index contributed by atoms with van der Waals surface area (Å²) in [5, 5.41) is 6.80. The molecule has 2 aromatic carbocycles. The van der Waals surface area contributed by atoms with Gasteiger partial charge in [-0.15, -0.1) is 0 Å². The molecule has 1 fully saturated rings. The van der Waals surface area contributed by atoms with Crippen LogP contribution in [0.25, 0.3) is 0 Å². The van der Waals surface area contributed by atoms with Gasteiger partial charge in [0.1, 0.15) is 11.0 Å². The van der Waals surface area contributed by atoms with Gasteiger partial charge >= 0.3 is 6.03 Å². The van der Waals surface area contributed by atoms with Gasteiger partial charge in [0.25, 0.3) is 0 Å². The summed E-state index contributed by atoms with van der Waals surface area (Å²) in [7, 11) is 0. The third-order valence-electron chi connectivity index (χ3n) is 6.35. The molecule has 200 valence electrons. The molecule has 0 aliphatic carbocycles. The molecular formula is C28H33ClN6O2S. The summed E-state index contributed by atoms with van der Waals surface area (Å²) in [5.74, 6) is 0.759. The third-order valence-corrected chi connectivity index (χ3v) is 7.39. The van der Waals surface area contributed by atoms with Crippen molar-refractivity contribution in [1.29, 1.82) is 0 Å². The zero-order valence-electron chi connectivity index (χ0n) is 21.6. The molecule has 8 nitrogen and oxygen atoms in total. The van der Waals surface area contributed by atoms with Gasteiger partial charge in [0.05, 0.1) is 11.8 Å². The quantitative estimate of drug-likeness (QED) is 0.230. The van der Waals surface area contributed by atoms with Crippen LogP contribution in [0.4, 0.5) is 10.6 Å². The molecule has 1 aliphatic heterocycles. The Bertz CT molecular complexity index is 1220. The maximum absolute atomic E-state index is 13.0. The molecule has 0 bridgehead atoms.